The van der Waals surface area contributed by atoms with Gasteiger partial charge in [-0.3, -0.25) is 9.79 Å². The van der Waals surface area contributed by atoms with Gasteiger partial charge in [-0.2, -0.15) is 0 Å². The van der Waals surface area contributed by atoms with Crippen molar-refractivity contribution in [3.8, 4) is 17.2 Å². The van der Waals surface area contributed by atoms with E-state index in [-0.39, 0.29) is 12.6 Å². The topological polar surface area (TPSA) is 77.4 Å². The van der Waals surface area contributed by atoms with Crippen LogP contribution in [0.1, 0.15) is 42.9 Å². The molecule has 0 fully saturated rings. The highest BCUT2D eigenvalue weighted by Crippen LogP contribution is 2.37. The number of ether oxygens (including phenoxy) is 3. The predicted octanol–water partition coefficient (Wildman–Crippen LogP) is 4.09. The number of hydrogen-bond donors (Lipinski definition) is 1. The van der Waals surface area contributed by atoms with Gasteiger partial charge < -0.3 is 19.3 Å². The minimum absolute atomic E-state index is 0.144. The van der Waals surface area contributed by atoms with Gasteiger partial charge in [-0.15, -0.1) is 0 Å². The van der Waals surface area contributed by atoms with Crippen molar-refractivity contribution in [1.29, 1.82) is 0 Å². The Morgan fingerprint density at radius 3 is 2.59 bits per heavy atom. The first kappa shape index (κ1) is 20.7. The lowest BCUT2D eigenvalue weighted by molar-refractivity contribution is -0.138. The van der Waals surface area contributed by atoms with Gasteiger partial charge in [0.05, 0.1) is 26.9 Å². The minimum atomic E-state index is -0.898. The minimum Gasteiger partial charge on any atom is -0.493 e. The molecular formula is C23H27NO5. The van der Waals surface area contributed by atoms with Crippen molar-refractivity contribution in [2.75, 3.05) is 20.8 Å². The van der Waals surface area contributed by atoms with E-state index in [0.717, 1.165) is 29.0 Å². The van der Waals surface area contributed by atoms with Gasteiger partial charge in [-0.25, -0.2) is 0 Å². The van der Waals surface area contributed by atoms with Crippen molar-refractivity contribution in [3.05, 3.63) is 53.1 Å². The molecule has 2 aromatic carbocycles. The summed E-state index contributed by atoms with van der Waals surface area (Å²) in [6.45, 7) is 4.33. The number of carboxylic acid groups (broad SMARTS) is 1. The molecule has 0 amide bonds. The molecule has 0 aliphatic carbocycles. The second kappa shape index (κ2) is 8.99. The Bertz CT molecular complexity index is 921. The summed E-state index contributed by atoms with van der Waals surface area (Å²) in [6, 6.07) is 11.5. The lowest BCUT2D eigenvalue weighted by Gasteiger charge is -2.24. The fourth-order valence-electron chi connectivity index (χ4n) is 3.42. The maximum atomic E-state index is 11.8. The summed E-state index contributed by atoms with van der Waals surface area (Å²) < 4.78 is 16.7. The molecule has 0 spiro atoms. The zero-order valence-corrected chi connectivity index (χ0v) is 17.3. The quantitative estimate of drug-likeness (QED) is 0.726. The van der Waals surface area contributed by atoms with E-state index in [9.17, 15) is 9.90 Å². The van der Waals surface area contributed by atoms with Crippen LogP contribution in [0.5, 0.6) is 17.2 Å². The highest BCUT2D eigenvalue weighted by molar-refractivity contribution is 6.06. The molecule has 0 saturated carbocycles. The Kier molecular flexibility index (Phi) is 6.42. The van der Waals surface area contributed by atoms with E-state index in [0.29, 0.717) is 23.5 Å². The predicted molar refractivity (Wildman–Crippen MR) is 112 cm³/mol. The smallest absolute Gasteiger partial charge is 0.312 e. The highest BCUT2D eigenvalue weighted by atomic mass is 16.5. The van der Waals surface area contributed by atoms with Crippen molar-refractivity contribution in [1.82, 2.24) is 0 Å². The molecule has 1 heterocycles. The molecule has 2 atom stereocenters. The number of benzene rings is 2. The van der Waals surface area contributed by atoms with Crippen molar-refractivity contribution < 1.29 is 24.1 Å². The molecule has 1 aliphatic heterocycles. The average molecular weight is 397 g/mol. The Hall–Kier alpha value is -3.02. The van der Waals surface area contributed by atoms with E-state index >= 15 is 0 Å². The molecule has 2 unspecified atom stereocenters. The van der Waals surface area contributed by atoms with Gasteiger partial charge in [0.15, 0.2) is 11.5 Å². The summed E-state index contributed by atoms with van der Waals surface area (Å²) in [5.74, 6) is 0.296. The number of fused-ring (bicyclic) bond motifs is 1. The van der Waals surface area contributed by atoms with E-state index < -0.39 is 11.9 Å². The molecule has 1 aliphatic rings. The van der Waals surface area contributed by atoms with Gasteiger partial charge in [-0.05, 0) is 48.7 Å². The number of aliphatic carboxylic acids is 1. The maximum absolute atomic E-state index is 11.8. The third kappa shape index (κ3) is 4.53. The number of carboxylic acids is 1. The van der Waals surface area contributed by atoms with Crippen LogP contribution in [0.25, 0.3) is 0 Å². The summed E-state index contributed by atoms with van der Waals surface area (Å²) in [5.41, 5.74) is 3.37. The van der Waals surface area contributed by atoms with Crippen molar-refractivity contribution >= 4 is 11.7 Å². The molecule has 0 aromatic heterocycles. The molecule has 0 bridgehead atoms. The summed E-state index contributed by atoms with van der Waals surface area (Å²) in [6.07, 6.45) is 1.65. The lowest BCUT2D eigenvalue weighted by atomic mass is 9.86. The number of methoxy groups -OCH3 is 2. The van der Waals surface area contributed by atoms with E-state index in [2.05, 4.69) is 11.9 Å². The SMILES string of the molecule is CCC(C)Oc1cccc(CC2=NCC(C(=O)O)c3cc(OC)c(OC)cc32)c1. The van der Waals surface area contributed by atoms with Crippen molar-refractivity contribution in [2.45, 2.75) is 38.7 Å². The second-order valence-electron chi connectivity index (χ2n) is 7.13. The fraction of sp³-hybridized carbons (Fsp3) is 0.391. The molecule has 6 nitrogen and oxygen atoms in total. The van der Waals surface area contributed by atoms with Crippen LogP contribution in [0.4, 0.5) is 0 Å². The first-order valence-corrected chi connectivity index (χ1v) is 9.74. The number of rotatable bonds is 8. The van der Waals surface area contributed by atoms with Crippen LogP contribution in [-0.4, -0.2) is 43.7 Å². The van der Waals surface area contributed by atoms with Crippen LogP contribution in [0.3, 0.4) is 0 Å². The summed E-state index contributed by atoms with van der Waals surface area (Å²) in [5, 5.41) is 9.64. The van der Waals surface area contributed by atoms with E-state index in [4.69, 9.17) is 14.2 Å². The third-order valence-corrected chi connectivity index (χ3v) is 5.19. The summed E-state index contributed by atoms with van der Waals surface area (Å²) in [4.78, 5) is 16.4. The maximum Gasteiger partial charge on any atom is 0.312 e. The van der Waals surface area contributed by atoms with E-state index in [1.807, 2.05) is 37.3 Å². The highest BCUT2D eigenvalue weighted by Gasteiger charge is 2.30. The Labute approximate surface area is 171 Å². The van der Waals surface area contributed by atoms with Crippen LogP contribution in [0.2, 0.25) is 0 Å². The first-order valence-electron chi connectivity index (χ1n) is 9.74. The summed E-state index contributed by atoms with van der Waals surface area (Å²) >= 11 is 0. The molecule has 154 valence electrons. The average Bonchev–Trinajstić information content (AvgIpc) is 2.72. The molecule has 0 saturated heterocycles. The molecule has 6 heteroatoms. The van der Waals surface area contributed by atoms with Crippen LogP contribution >= 0.6 is 0 Å². The fourth-order valence-corrected chi connectivity index (χ4v) is 3.42. The molecular weight excluding hydrogens is 370 g/mol. The first-order chi connectivity index (χ1) is 14.0. The van der Waals surface area contributed by atoms with Gasteiger partial charge in [-0.1, -0.05) is 19.1 Å². The van der Waals surface area contributed by atoms with Crippen molar-refractivity contribution in [3.63, 3.8) is 0 Å². The van der Waals surface area contributed by atoms with Gasteiger partial charge in [0.1, 0.15) is 11.7 Å². The third-order valence-electron chi connectivity index (χ3n) is 5.19. The summed E-state index contributed by atoms with van der Waals surface area (Å²) in [7, 11) is 3.11. The van der Waals surface area contributed by atoms with Crippen LogP contribution in [-0.2, 0) is 11.2 Å². The Morgan fingerprint density at radius 2 is 1.93 bits per heavy atom. The zero-order valence-electron chi connectivity index (χ0n) is 17.3. The number of carbonyl (C=O) groups is 1. The molecule has 1 N–H and O–H groups in total. The lowest BCUT2D eigenvalue weighted by Crippen LogP contribution is -2.25. The van der Waals surface area contributed by atoms with Gasteiger partial charge in [0.2, 0.25) is 0 Å². The van der Waals surface area contributed by atoms with Crippen LogP contribution in [0.15, 0.2) is 41.4 Å². The standard InChI is InChI=1S/C23H27NO5/c1-5-14(2)29-16-8-6-7-15(9-16)10-20-18-12-22(28-4)21(27-3)11-17(18)19(13-24-20)23(25)26/h6-9,11-12,14,19H,5,10,13H2,1-4H3,(H,25,26). The molecule has 29 heavy (non-hydrogen) atoms. The monoisotopic (exact) mass is 397 g/mol. The largest absolute Gasteiger partial charge is 0.493 e. The molecule has 0 radical (unpaired) electrons. The van der Waals surface area contributed by atoms with Crippen molar-refractivity contribution in [2.24, 2.45) is 4.99 Å². The molecule has 2 aromatic rings. The molecule has 3 rings (SSSR count). The van der Waals surface area contributed by atoms with Gasteiger partial charge >= 0.3 is 5.97 Å². The van der Waals surface area contributed by atoms with Crippen LogP contribution < -0.4 is 14.2 Å². The second-order valence-corrected chi connectivity index (χ2v) is 7.13. The number of hydrogen-bond acceptors (Lipinski definition) is 5. The Morgan fingerprint density at radius 1 is 1.21 bits per heavy atom. The van der Waals surface area contributed by atoms with E-state index in [1.165, 1.54) is 0 Å². The van der Waals surface area contributed by atoms with Gasteiger partial charge in [0.25, 0.3) is 0 Å². The Balaban J connectivity index is 1.96. The zero-order chi connectivity index (χ0) is 21.0. The van der Waals surface area contributed by atoms with Gasteiger partial charge in [0, 0.05) is 17.7 Å². The van der Waals surface area contributed by atoms with Crippen LogP contribution in [0, 0.1) is 0 Å². The normalized spacial score (nSPS) is 16.4. The van der Waals surface area contributed by atoms with E-state index in [1.54, 1.807) is 20.3 Å². The number of aliphatic imine (C=N–C) groups is 1. The number of nitrogens with zero attached hydrogens (tertiary/aromatic N) is 1.